The third-order valence-electron chi connectivity index (χ3n) is 3.56. The fourth-order valence-electron chi connectivity index (χ4n) is 2.18. The molecule has 3 N–H and O–H groups in total. The molecule has 0 bridgehead atoms. The van der Waals surface area contributed by atoms with E-state index in [2.05, 4.69) is 21.2 Å². The minimum Gasteiger partial charge on any atom is -0.452 e. The Balaban J connectivity index is 1.97. The van der Waals surface area contributed by atoms with Gasteiger partial charge in [-0.05, 0) is 42.8 Å². The first kappa shape index (κ1) is 21.4. The van der Waals surface area contributed by atoms with E-state index in [1.165, 1.54) is 12.1 Å². The summed E-state index contributed by atoms with van der Waals surface area (Å²) < 4.78 is 28.7. The van der Waals surface area contributed by atoms with Crippen LogP contribution in [0.2, 0.25) is 5.02 Å². The van der Waals surface area contributed by atoms with Gasteiger partial charge in [0.15, 0.2) is 6.61 Å². The summed E-state index contributed by atoms with van der Waals surface area (Å²) >= 11 is 9.09. The van der Waals surface area contributed by atoms with E-state index in [-0.39, 0.29) is 16.6 Å². The van der Waals surface area contributed by atoms with Crippen molar-refractivity contribution in [3.05, 3.63) is 63.1 Å². The largest absolute Gasteiger partial charge is 0.452 e. The molecule has 0 saturated heterocycles. The number of halogens is 2. The average molecular weight is 476 g/mol. The van der Waals surface area contributed by atoms with Gasteiger partial charge in [-0.3, -0.25) is 4.79 Å². The van der Waals surface area contributed by atoms with Gasteiger partial charge >= 0.3 is 5.97 Å². The van der Waals surface area contributed by atoms with Gasteiger partial charge in [0.05, 0.1) is 16.6 Å². The van der Waals surface area contributed by atoms with Crippen LogP contribution in [0.4, 0.5) is 0 Å². The molecule has 0 heterocycles. The van der Waals surface area contributed by atoms with Gasteiger partial charge in [0.2, 0.25) is 10.0 Å². The van der Waals surface area contributed by atoms with Crippen molar-refractivity contribution in [2.45, 2.75) is 17.9 Å². The molecule has 2 aromatic carbocycles. The number of nitrogens with one attached hydrogen (secondary N) is 1. The normalized spacial score (nSPS) is 12.3. The van der Waals surface area contributed by atoms with Gasteiger partial charge in [-0.15, -0.1) is 0 Å². The van der Waals surface area contributed by atoms with Crippen LogP contribution >= 0.6 is 27.5 Å². The summed E-state index contributed by atoms with van der Waals surface area (Å²) in [6.45, 7) is 1.27. The Morgan fingerprint density at radius 2 is 1.85 bits per heavy atom. The molecule has 0 aliphatic rings. The highest BCUT2D eigenvalue weighted by atomic mass is 79.9. The van der Waals surface area contributed by atoms with Crippen molar-refractivity contribution in [3.63, 3.8) is 0 Å². The maximum Gasteiger partial charge on any atom is 0.338 e. The van der Waals surface area contributed by atoms with Crippen LogP contribution in [0.25, 0.3) is 0 Å². The summed E-state index contributed by atoms with van der Waals surface area (Å²) in [7, 11) is -4.09. The van der Waals surface area contributed by atoms with E-state index < -0.39 is 33.4 Å². The molecule has 10 heteroatoms. The minimum atomic E-state index is -4.09. The van der Waals surface area contributed by atoms with Crippen molar-refractivity contribution in [2.75, 3.05) is 6.61 Å². The van der Waals surface area contributed by atoms with E-state index in [1.807, 2.05) is 24.3 Å². The molecular weight excluding hydrogens is 460 g/mol. The summed E-state index contributed by atoms with van der Waals surface area (Å²) in [6, 6.07) is 10.6. The second kappa shape index (κ2) is 8.83. The lowest BCUT2D eigenvalue weighted by molar-refractivity contribution is -0.124. The van der Waals surface area contributed by atoms with Crippen LogP contribution in [0.15, 0.2) is 51.8 Å². The van der Waals surface area contributed by atoms with E-state index in [1.54, 1.807) is 6.92 Å². The van der Waals surface area contributed by atoms with E-state index in [4.69, 9.17) is 21.5 Å². The third-order valence-corrected chi connectivity index (χ3v) is 5.48. The lowest BCUT2D eigenvalue weighted by Gasteiger charge is -2.14. The number of benzene rings is 2. The van der Waals surface area contributed by atoms with Gasteiger partial charge in [0.1, 0.15) is 4.90 Å². The maximum absolute atomic E-state index is 12.0. The highest BCUT2D eigenvalue weighted by Gasteiger charge is 2.18. The van der Waals surface area contributed by atoms with Gasteiger partial charge < -0.3 is 10.1 Å². The van der Waals surface area contributed by atoms with Gasteiger partial charge in [-0.25, -0.2) is 18.4 Å². The summed E-state index contributed by atoms with van der Waals surface area (Å²) in [5, 5.41) is 7.62. The van der Waals surface area contributed by atoms with Crippen LogP contribution in [0, 0.1) is 0 Å². The van der Waals surface area contributed by atoms with Gasteiger partial charge in [0, 0.05) is 4.47 Å². The number of nitrogens with two attached hydrogens (primary N) is 1. The molecular formula is C17H16BrClN2O5S. The topological polar surface area (TPSA) is 116 Å². The van der Waals surface area contributed by atoms with Crippen LogP contribution in [-0.4, -0.2) is 26.9 Å². The quantitative estimate of drug-likeness (QED) is 0.623. The summed E-state index contributed by atoms with van der Waals surface area (Å²) in [5.41, 5.74) is 0.797. The van der Waals surface area contributed by atoms with Crippen LogP contribution in [0.5, 0.6) is 0 Å². The van der Waals surface area contributed by atoms with E-state index in [9.17, 15) is 18.0 Å². The Hall–Kier alpha value is -1.94. The SMILES string of the molecule is CC(NC(=O)COC(=O)c1ccc(Cl)c(S(N)(=O)=O)c1)c1ccc(Br)cc1. The first-order valence-corrected chi connectivity index (χ1v) is 10.3. The maximum atomic E-state index is 12.0. The zero-order chi connectivity index (χ0) is 20.2. The molecule has 27 heavy (non-hydrogen) atoms. The summed E-state index contributed by atoms with van der Waals surface area (Å²) in [4.78, 5) is 23.6. The highest BCUT2D eigenvalue weighted by Crippen LogP contribution is 2.22. The monoisotopic (exact) mass is 474 g/mol. The molecule has 0 fully saturated rings. The van der Waals surface area contributed by atoms with E-state index >= 15 is 0 Å². The zero-order valence-electron chi connectivity index (χ0n) is 14.1. The number of esters is 1. The molecule has 2 rings (SSSR count). The van der Waals surface area contributed by atoms with Gasteiger partial charge in [-0.2, -0.15) is 0 Å². The molecule has 0 radical (unpaired) electrons. The number of sulfonamides is 1. The molecule has 1 amide bonds. The highest BCUT2D eigenvalue weighted by molar-refractivity contribution is 9.10. The second-order valence-electron chi connectivity index (χ2n) is 5.61. The Morgan fingerprint density at radius 1 is 1.22 bits per heavy atom. The molecule has 1 unspecified atom stereocenters. The lowest BCUT2D eigenvalue weighted by Crippen LogP contribution is -2.31. The molecule has 0 aromatic heterocycles. The number of primary sulfonamides is 1. The van der Waals surface area contributed by atoms with Crippen molar-refractivity contribution in [3.8, 4) is 0 Å². The molecule has 2 aromatic rings. The number of hydrogen-bond acceptors (Lipinski definition) is 5. The van der Waals surface area contributed by atoms with Gasteiger partial charge in [-0.1, -0.05) is 39.7 Å². The fourth-order valence-corrected chi connectivity index (χ4v) is 3.52. The number of rotatable bonds is 6. The fraction of sp³-hybridized carbons (Fsp3) is 0.176. The molecule has 0 aliphatic carbocycles. The summed E-state index contributed by atoms with van der Waals surface area (Å²) in [6.07, 6.45) is 0. The number of ether oxygens (including phenoxy) is 1. The van der Waals surface area contributed by atoms with E-state index in [0.29, 0.717) is 0 Å². The number of hydrogen-bond donors (Lipinski definition) is 2. The smallest absolute Gasteiger partial charge is 0.338 e. The molecule has 1 atom stereocenters. The molecule has 144 valence electrons. The Kier molecular flexibility index (Phi) is 6.99. The minimum absolute atomic E-state index is 0.0859. The number of amides is 1. The predicted molar refractivity (Wildman–Crippen MR) is 104 cm³/mol. The molecule has 0 aliphatic heterocycles. The molecule has 0 saturated carbocycles. The predicted octanol–water partition coefficient (Wildman–Crippen LogP) is 2.78. The Bertz CT molecular complexity index is 964. The van der Waals surface area contributed by atoms with Crippen LogP contribution in [-0.2, 0) is 19.6 Å². The summed E-state index contributed by atoms with van der Waals surface area (Å²) in [5.74, 6) is -1.37. The second-order valence-corrected chi connectivity index (χ2v) is 8.46. The molecule has 7 nitrogen and oxygen atoms in total. The molecule has 0 spiro atoms. The van der Waals surface area contributed by atoms with Crippen molar-refractivity contribution in [1.82, 2.24) is 5.32 Å². The van der Waals surface area contributed by atoms with Crippen molar-refractivity contribution in [1.29, 1.82) is 0 Å². The standard InChI is InChI=1S/C17H16BrClN2O5S/c1-10(11-2-5-13(18)6-3-11)21-16(22)9-26-17(23)12-4-7-14(19)15(8-12)27(20,24)25/h2-8,10H,9H2,1H3,(H,21,22)(H2,20,24,25). The van der Waals surface area contributed by atoms with E-state index in [0.717, 1.165) is 16.1 Å². The average Bonchev–Trinajstić information content (AvgIpc) is 2.59. The van der Waals surface area contributed by atoms with Crippen LogP contribution in [0.3, 0.4) is 0 Å². The first-order chi connectivity index (χ1) is 12.6. The van der Waals surface area contributed by atoms with Crippen molar-refractivity contribution < 1.29 is 22.7 Å². The first-order valence-electron chi connectivity index (χ1n) is 7.62. The zero-order valence-corrected chi connectivity index (χ0v) is 17.3. The Morgan fingerprint density at radius 3 is 2.44 bits per heavy atom. The van der Waals surface area contributed by atoms with Crippen LogP contribution in [0.1, 0.15) is 28.9 Å². The number of carbonyl (C=O) groups is 2. The van der Waals surface area contributed by atoms with Crippen molar-refractivity contribution >= 4 is 49.4 Å². The lowest BCUT2D eigenvalue weighted by atomic mass is 10.1. The third kappa shape index (κ3) is 6.03. The van der Waals surface area contributed by atoms with Gasteiger partial charge in [0.25, 0.3) is 5.91 Å². The van der Waals surface area contributed by atoms with Crippen LogP contribution < -0.4 is 10.5 Å². The number of carbonyl (C=O) groups excluding carboxylic acids is 2. The van der Waals surface area contributed by atoms with Crippen molar-refractivity contribution in [2.24, 2.45) is 5.14 Å². The Labute approximate surface area is 170 Å².